The lowest BCUT2D eigenvalue weighted by molar-refractivity contribution is -0.150. The lowest BCUT2D eigenvalue weighted by Gasteiger charge is -2.30. The Morgan fingerprint density at radius 3 is 2.72 bits per heavy atom. The maximum absolute atomic E-state index is 12.6. The highest BCUT2D eigenvalue weighted by Gasteiger charge is 2.29. The van der Waals surface area contributed by atoms with E-state index in [-0.39, 0.29) is 29.5 Å². The van der Waals surface area contributed by atoms with Crippen LogP contribution in [0.15, 0.2) is 36.0 Å². The van der Waals surface area contributed by atoms with Crippen molar-refractivity contribution in [2.75, 3.05) is 32.8 Å². The van der Waals surface area contributed by atoms with Crippen LogP contribution in [0.2, 0.25) is 0 Å². The van der Waals surface area contributed by atoms with Crippen molar-refractivity contribution in [1.82, 2.24) is 10.2 Å². The third-order valence-corrected chi connectivity index (χ3v) is 4.91. The van der Waals surface area contributed by atoms with Crippen molar-refractivity contribution in [1.29, 1.82) is 5.26 Å². The molecule has 29 heavy (non-hydrogen) atoms. The Bertz CT molecular complexity index is 809. The molecule has 2 aliphatic rings. The van der Waals surface area contributed by atoms with Crippen LogP contribution in [0.4, 0.5) is 0 Å². The van der Waals surface area contributed by atoms with Gasteiger partial charge in [0.25, 0.3) is 5.91 Å². The number of fused-ring (bicyclic) bond motifs is 1. The van der Waals surface area contributed by atoms with Crippen LogP contribution in [-0.2, 0) is 14.3 Å². The number of ether oxygens (including phenoxy) is 3. The molecule has 1 unspecified atom stereocenters. The molecule has 2 heterocycles. The van der Waals surface area contributed by atoms with Gasteiger partial charge in [0.05, 0.1) is 19.1 Å². The number of hydrogen-bond acceptors (Lipinski definition) is 7. The number of piperidine rings is 1. The van der Waals surface area contributed by atoms with Gasteiger partial charge in [0.1, 0.15) is 24.4 Å². The molecule has 0 radical (unpaired) electrons. The standard InChI is InChI=1S/C21H25N3O5/c1-2-27-21(26)15-7-9-24(10-8-15)20(25)16(11-22)12-23-13-17-14-28-18-5-3-4-6-19(18)29-17/h3-6,12,15,17,23H,2,7-10,13-14H2,1H3/b16-12-. The van der Waals surface area contributed by atoms with Gasteiger partial charge in [-0.15, -0.1) is 0 Å². The van der Waals surface area contributed by atoms with Crippen LogP contribution in [-0.4, -0.2) is 55.7 Å². The van der Waals surface area contributed by atoms with Crippen LogP contribution in [0.5, 0.6) is 11.5 Å². The summed E-state index contributed by atoms with van der Waals surface area (Å²) in [5.41, 5.74) is 0.0247. The molecule has 0 aromatic heterocycles. The molecule has 8 nitrogen and oxygen atoms in total. The maximum atomic E-state index is 12.6. The van der Waals surface area contributed by atoms with E-state index in [0.717, 1.165) is 0 Å². The number of carbonyl (C=O) groups is 2. The second-order valence-corrected chi connectivity index (χ2v) is 6.89. The lowest BCUT2D eigenvalue weighted by atomic mass is 9.96. The van der Waals surface area contributed by atoms with E-state index in [2.05, 4.69) is 5.32 Å². The summed E-state index contributed by atoms with van der Waals surface area (Å²) >= 11 is 0. The average Bonchev–Trinajstić information content (AvgIpc) is 2.76. The van der Waals surface area contributed by atoms with Gasteiger partial charge in [-0.2, -0.15) is 5.26 Å². The average molecular weight is 399 g/mol. The highest BCUT2D eigenvalue weighted by atomic mass is 16.6. The van der Waals surface area contributed by atoms with Crippen molar-refractivity contribution in [2.24, 2.45) is 5.92 Å². The minimum Gasteiger partial charge on any atom is -0.486 e. The van der Waals surface area contributed by atoms with Crippen molar-refractivity contribution in [3.63, 3.8) is 0 Å². The number of hydrogen-bond donors (Lipinski definition) is 1. The molecule has 154 valence electrons. The molecule has 0 spiro atoms. The van der Waals surface area contributed by atoms with E-state index in [4.69, 9.17) is 14.2 Å². The summed E-state index contributed by atoms with van der Waals surface area (Å²) in [5.74, 6) is 0.647. The summed E-state index contributed by atoms with van der Waals surface area (Å²) in [6.07, 6.45) is 2.28. The molecule has 1 saturated heterocycles. The molecule has 1 fully saturated rings. The van der Waals surface area contributed by atoms with E-state index in [0.29, 0.717) is 57.2 Å². The van der Waals surface area contributed by atoms with E-state index in [1.165, 1.54) is 6.20 Å². The second kappa shape index (κ2) is 9.82. The fourth-order valence-electron chi connectivity index (χ4n) is 3.35. The van der Waals surface area contributed by atoms with Gasteiger partial charge < -0.3 is 24.4 Å². The van der Waals surface area contributed by atoms with E-state index in [9.17, 15) is 14.9 Å². The molecular weight excluding hydrogens is 374 g/mol. The number of amides is 1. The summed E-state index contributed by atoms with van der Waals surface area (Å²) in [6, 6.07) is 9.38. The molecule has 8 heteroatoms. The third kappa shape index (κ3) is 5.19. The van der Waals surface area contributed by atoms with Crippen molar-refractivity contribution in [2.45, 2.75) is 25.9 Å². The largest absolute Gasteiger partial charge is 0.486 e. The molecule has 0 bridgehead atoms. The highest BCUT2D eigenvalue weighted by Crippen LogP contribution is 2.30. The van der Waals surface area contributed by atoms with E-state index >= 15 is 0 Å². The lowest BCUT2D eigenvalue weighted by Crippen LogP contribution is -2.41. The molecule has 3 rings (SSSR count). The minimum atomic E-state index is -0.339. The van der Waals surface area contributed by atoms with Crippen LogP contribution in [0, 0.1) is 17.2 Å². The smallest absolute Gasteiger partial charge is 0.309 e. The van der Waals surface area contributed by atoms with E-state index < -0.39 is 0 Å². The Hall–Kier alpha value is -3.21. The molecule has 1 aromatic carbocycles. The Morgan fingerprint density at radius 1 is 1.31 bits per heavy atom. The topological polar surface area (TPSA) is 101 Å². The zero-order valence-corrected chi connectivity index (χ0v) is 16.4. The molecule has 1 aromatic rings. The number of nitrogens with one attached hydrogen (secondary N) is 1. The molecule has 0 saturated carbocycles. The number of nitrogens with zero attached hydrogens (tertiary/aromatic N) is 2. The molecule has 1 N–H and O–H groups in total. The van der Waals surface area contributed by atoms with Crippen molar-refractivity contribution >= 4 is 11.9 Å². The SMILES string of the molecule is CCOC(=O)C1CCN(C(=O)/C(C#N)=C\NCC2COc3ccccc3O2)CC1. The summed E-state index contributed by atoms with van der Waals surface area (Å²) < 4.78 is 16.5. The molecular formula is C21H25N3O5. The van der Waals surface area contributed by atoms with Gasteiger partial charge in [-0.3, -0.25) is 9.59 Å². The number of carbonyl (C=O) groups excluding carboxylic acids is 2. The van der Waals surface area contributed by atoms with Crippen LogP contribution < -0.4 is 14.8 Å². The van der Waals surface area contributed by atoms with Crippen LogP contribution in [0.25, 0.3) is 0 Å². The first-order valence-corrected chi connectivity index (χ1v) is 9.80. The predicted molar refractivity (Wildman–Crippen MR) is 104 cm³/mol. The molecule has 1 atom stereocenters. The molecule has 1 amide bonds. The van der Waals surface area contributed by atoms with E-state index in [1.807, 2.05) is 30.3 Å². The fourth-order valence-corrected chi connectivity index (χ4v) is 3.35. The number of benzene rings is 1. The van der Waals surface area contributed by atoms with Crippen LogP contribution in [0.1, 0.15) is 19.8 Å². The zero-order chi connectivity index (χ0) is 20.6. The van der Waals surface area contributed by atoms with Gasteiger partial charge in [-0.25, -0.2) is 0 Å². The molecule has 2 aliphatic heterocycles. The molecule has 0 aliphatic carbocycles. The third-order valence-electron chi connectivity index (χ3n) is 4.91. The number of esters is 1. The maximum Gasteiger partial charge on any atom is 0.309 e. The van der Waals surface area contributed by atoms with Crippen molar-refractivity contribution < 1.29 is 23.8 Å². The Balaban J connectivity index is 1.48. The fraction of sp³-hybridized carbons (Fsp3) is 0.476. The van der Waals surface area contributed by atoms with Gasteiger partial charge in [0.2, 0.25) is 0 Å². The predicted octanol–water partition coefficient (Wildman–Crippen LogP) is 1.63. The number of nitriles is 1. The normalized spacial score (nSPS) is 19.2. The van der Waals surface area contributed by atoms with Gasteiger partial charge in [-0.05, 0) is 31.9 Å². The quantitative estimate of drug-likeness (QED) is 0.441. The summed E-state index contributed by atoms with van der Waals surface area (Å²) in [6.45, 7) is 3.77. The second-order valence-electron chi connectivity index (χ2n) is 6.89. The summed E-state index contributed by atoms with van der Waals surface area (Å²) in [5, 5.41) is 12.4. The van der Waals surface area contributed by atoms with Crippen LogP contribution >= 0.6 is 0 Å². The summed E-state index contributed by atoms with van der Waals surface area (Å²) in [7, 11) is 0. The number of rotatable bonds is 6. The van der Waals surface area contributed by atoms with Gasteiger partial charge >= 0.3 is 5.97 Å². The van der Waals surface area contributed by atoms with Gasteiger partial charge in [0, 0.05) is 19.3 Å². The monoisotopic (exact) mass is 399 g/mol. The van der Waals surface area contributed by atoms with Crippen molar-refractivity contribution in [3.05, 3.63) is 36.0 Å². The zero-order valence-electron chi connectivity index (χ0n) is 16.4. The first-order valence-electron chi connectivity index (χ1n) is 9.80. The van der Waals surface area contributed by atoms with E-state index in [1.54, 1.807) is 11.8 Å². The van der Waals surface area contributed by atoms with Crippen LogP contribution in [0.3, 0.4) is 0 Å². The number of para-hydroxylation sites is 2. The van der Waals surface area contributed by atoms with Gasteiger partial charge in [0.15, 0.2) is 11.5 Å². The minimum absolute atomic E-state index is 0.0247. The Labute approximate surface area is 170 Å². The number of likely N-dealkylation sites (tertiary alicyclic amines) is 1. The summed E-state index contributed by atoms with van der Waals surface area (Å²) in [4.78, 5) is 26.0. The Morgan fingerprint density at radius 2 is 2.03 bits per heavy atom. The Kier molecular flexibility index (Phi) is 6.95. The first-order chi connectivity index (χ1) is 14.1. The first kappa shape index (κ1) is 20.5. The highest BCUT2D eigenvalue weighted by molar-refractivity contribution is 5.97. The van der Waals surface area contributed by atoms with Gasteiger partial charge in [-0.1, -0.05) is 12.1 Å². The van der Waals surface area contributed by atoms with Crippen molar-refractivity contribution in [3.8, 4) is 17.6 Å².